The smallest absolute Gasteiger partial charge is 0.475 e. The van der Waals surface area contributed by atoms with Gasteiger partial charge in [0.25, 0.3) is 0 Å². The van der Waals surface area contributed by atoms with Crippen molar-refractivity contribution in [2.75, 3.05) is 19.6 Å². The largest absolute Gasteiger partial charge is 0.490 e. The lowest BCUT2D eigenvalue weighted by Gasteiger charge is -2.36. The summed E-state index contributed by atoms with van der Waals surface area (Å²) in [6, 6.07) is 13.7. The fourth-order valence-corrected chi connectivity index (χ4v) is 3.70. The average Bonchev–Trinajstić information content (AvgIpc) is 3.16. The minimum absolute atomic E-state index is 0.412. The van der Waals surface area contributed by atoms with E-state index in [9.17, 15) is 13.2 Å². The van der Waals surface area contributed by atoms with Crippen LogP contribution in [0, 0.1) is 6.92 Å². The Morgan fingerprint density at radius 3 is 2.53 bits per heavy atom. The van der Waals surface area contributed by atoms with E-state index in [1.807, 2.05) is 6.20 Å². The van der Waals surface area contributed by atoms with Crippen LogP contribution in [0.4, 0.5) is 13.2 Å². The van der Waals surface area contributed by atoms with E-state index >= 15 is 0 Å². The Morgan fingerprint density at radius 1 is 1.22 bits per heavy atom. The summed E-state index contributed by atoms with van der Waals surface area (Å²) in [6.45, 7) is 8.36. The molecule has 2 aromatic heterocycles. The van der Waals surface area contributed by atoms with Crippen molar-refractivity contribution in [3.8, 4) is 0 Å². The number of alkyl halides is 3. The van der Waals surface area contributed by atoms with E-state index in [1.54, 1.807) is 0 Å². The Morgan fingerprint density at radius 2 is 1.91 bits per heavy atom. The van der Waals surface area contributed by atoms with Gasteiger partial charge in [0.2, 0.25) is 0 Å². The average molecular weight is 448 g/mol. The third-order valence-corrected chi connectivity index (χ3v) is 5.46. The normalized spacial score (nSPS) is 17.1. The molecule has 172 valence electrons. The van der Waals surface area contributed by atoms with E-state index in [1.165, 1.54) is 22.4 Å². The van der Waals surface area contributed by atoms with Gasteiger partial charge in [-0.3, -0.25) is 4.90 Å². The van der Waals surface area contributed by atoms with Crippen LogP contribution in [0.2, 0.25) is 0 Å². The molecule has 0 radical (unpaired) electrons. The van der Waals surface area contributed by atoms with Crippen molar-refractivity contribution in [3.63, 3.8) is 0 Å². The number of halogens is 3. The molecular formula is C23H27F3N4O2. The summed E-state index contributed by atoms with van der Waals surface area (Å²) in [5.41, 5.74) is 6.35. The van der Waals surface area contributed by atoms with Gasteiger partial charge in [-0.2, -0.15) is 13.2 Å². The molecule has 1 atom stereocenters. The summed E-state index contributed by atoms with van der Waals surface area (Å²) in [5.74, 6) is -2.76. The molecule has 9 heteroatoms. The molecular weight excluding hydrogens is 421 g/mol. The van der Waals surface area contributed by atoms with Crippen LogP contribution < -0.4 is 5.32 Å². The monoisotopic (exact) mass is 448 g/mol. The number of nitrogens with one attached hydrogen (secondary N) is 1. The third kappa shape index (κ3) is 5.86. The van der Waals surface area contributed by atoms with Gasteiger partial charge in [-0.25, -0.2) is 9.78 Å². The Kier molecular flexibility index (Phi) is 7.52. The summed E-state index contributed by atoms with van der Waals surface area (Å²) >= 11 is 0. The van der Waals surface area contributed by atoms with Crippen LogP contribution in [0.1, 0.15) is 35.3 Å². The van der Waals surface area contributed by atoms with Gasteiger partial charge in [0.15, 0.2) is 0 Å². The molecule has 0 spiro atoms. The van der Waals surface area contributed by atoms with Crippen molar-refractivity contribution in [3.05, 3.63) is 71.2 Å². The first kappa shape index (κ1) is 23.7. The molecule has 1 aromatic carbocycles. The summed E-state index contributed by atoms with van der Waals surface area (Å²) in [4.78, 5) is 16.0. The molecule has 4 rings (SSSR count). The summed E-state index contributed by atoms with van der Waals surface area (Å²) in [7, 11) is 0. The zero-order valence-corrected chi connectivity index (χ0v) is 18.1. The highest BCUT2D eigenvalue weighted by atomic mass is 19.4. The highest BCUT2D eigenvalue weighted by molar-refractivity contribution is 5.73. The topological polar surface area (TPSA) is 69.9 Å². The van der Waals surface area contributed by atoms with Gasteiger partial charge in [-0.1, -0.05) is 37.3 Å². The fraction of sp³-hybridized carbons (Fsp3) is 0.391. The number of imidazole rings is 1. The zero-order chi connectivity index (χ0) is 23.3. The second-order valence-electron chi connectivity index (χ2n) is 7.77. The molecule has 1 aliphatic rings. The molecule has 0 amide bonds. The van der Waals surface area contributed by atoms with E-state index in [-0.39, 0.29) is 0 Å². The molecule has 1 fully saturated rings. The van der Waals surface area contributed by atoms with Crippen molar-refractivity contribution < 1.29 is 23.1 Å². The second kappa shape index (κ2) is 10.1. The summed E-state index contributed by atoms with van der Waals surface area (Å²) < 4.78 is 34.0. The SMILES string of the molecule is CCc1ccc(C2CNCCN2Cc2cnc3ccc(C)cn23)cc1.O=C(O)C(F)(F)F. The minimum Gasteiger partial charge on any atom is -0.475 e. The lowest BCUT2D eigenvalue weighted by Crippen LogP contribution is -2.45. The van der Waals surface area contributed by atoms with Crippen LogP contribution >= 0.6 is 0 Å². The molecule has 0 aliphatic carbocycles. The Labute approximate surface area is 184 Å². The Balaban J connectivity index is 0.000000360. The van der Waals surface area contributed by atoms with Crippen LogP contribution in [-0.4, -0.2) is 51.2 Å². The maximum Gasteiger partial charge on any atom is 0.490 e. The van der Waals surface area contributed by atoms with Crippen molar-refractivity contribution in [1.29, 1.82) is 0 Å². The van der Waals surface area contributed by atoms with Crippen molar-refractivity contribution in [2.24, 2.45) is 0 Å². The van der Waals surface area contributed by atoms with E-state index < -0.39 is 12.1 Å². The molecule has 2 N–H and O–H groups in total. The number of aryl methyl sites for hydroxylation is 2. The standard InChI is InChI=1S/C21H26N4.C2HF3O2/c1-3-17-5-7-18(8-6-17)20-13-22-10-11-24(20)15-19-12-23-21-9-4-16(2)14-25(19)21;3-2(4,5)1(6)7/h4-9,12,14,20,22H,3,10-11,13,15H2,1-2H3;(H,6,7). The number of pyridine rings is 1. The molecule has 1 unspecified atom stereocenters. The van der Waals surface area contributed by atoms with Crippen LogP contribution in [0.3, 0.4) is 0 Å². The van der Waals surface area contributed by atoms with Gasteiger partial charge in [-0.15, -0.1) is 0 Å². The van der Waals surface area contributed by atoms with Crippen molar-refractivity contribution in [2.45, 2.75) is 39.0 Å². The lowest BCUT2D eigenvalue weighted by molar-refractivity contribution is -0.192. The van der Waals surface area contributed by atoms with E-state index in [2.05, 4.69) is 76.0 Å². The maximum atomic E-state index is 10.6. The number of nitrogens with zero attached hydrogens (tertiary/aromatic N) is 3. The summed E-state index contributed by atoms with van der Waals surface area (Å²) in [5, 5.41) is 10.7. The van der Waals surface area contributed by atoms with Gasteiger partial charge in [0, 0.05) is 38.4 Å². The third-order valence-electron chi connectivity index (χ3n) is 5.46. The highest BCUT2D eigenvalue weighted by Crippen LogP contribution is 2.25. The second-order valence-corrected chi connectivity index (χ2v) is 7.77. The zero-order valence-electron chi connectivity index (χ0n) is 18.1. The highest BCUT2D eigenvalue weighted by Gasteiger charge is 2.38. The quantitative estimate of drug-likeness (QED) is 0.632. The predicted molar refractivity (Wildman–Crippen MR) is 115 cm³/mol. The summed E-state index contributed by atoms with van der Waals surface area (Å²) in [6.07, 6.45) is 0.215. The number of piperazine rings is 1. The molecule has 3 heterocycles. The number of hydrogen-bond acceptors (Lipinski definition) is 4. The number of benzene rings is 1. The maximum absolute atomic E-state index is 10.6. The Hall–Kier alpha value is -2.91. The number of aromatic nitrogens is 2. The predicted octanol–water partition coefficient (Wildman–Crippen LogP) is 3.98. The first-order valence-electron chi connectivity index (χ1n) is 10.5. The van der Waals surface area contributed by atoms with Gasteiger partial charge >= 0.3 is 12.1 Å². The van der Waals surface area contributed by atoms with Crippen LogP contribution in [0.15, 0.2) is 48.8 Å². The number of rotatable bonds is 4. The van der Waals surface area contributed by atoms with Gasteiger partial charge in [0.05, 0.1) is 11.9 Å². The minimum atomic E-state index is -5.08. The van der Waals surface area contributed by atoms with Gasteiger partial charge < -0.3 is 14.8 Å². The molecule has 32 heavy (non-hydrogen) atoms. The number of hydrogen-bond donors (Lipinski definition) is 2. The number of carboxylic acid groups (broad SMARTS) is 1. The lowest BCUT2D eigenvalue weighted by atomic mass is 10.0. The first-order chi connectivity index (χ1) is 15.2. The molecule has 6 nitrogen and oxygen atoms in total. The fourth-order valence-electron chi connectivity index (χ4n) is 3.70. The Bertz CT molecular complexity index is 1050. The van der Waals surface area contributed by atoms with Crippen LogP contribution in [0.5, 0.6) is 0 Å². The van der Waals surface area contributed by atoms with Crippen LogP contribution in [0.25, 0.3) is 5.65 Å². The van der Waals surface area contributed by atoms with Gasteiger partial charge in [0.1, 0.15) is 5.65 Å². The first-order valence-corrected chi connectivity index (χ1v) is 10.5. The number of fused-ring (bicyclic) bond motifs is 1. The molecule has 3 aromatic rings. The molecule has 1 aliphatic heterocycles. The van der Waals surface area contributed by atoms with Gasteiger partial charge in [-0.05, 0) is 36.1 Å². The van der Waals surface area contributed by atoms with Crippen molar-refractivity contribution >= 4 is 11.6 Å². The van der Waals surface area contributed by atoms with E-state index in [0.717, 1.165) is 38.2 Å². The molecule has 0 saturated carbocycles. The van der Waals surface area contributed by atoms with E-state index in [4.69, 9.17) is 9.90 Å². The van der Waals surface area contributed by atoms with Crippen molar-refractivity contribution in [1.82, 2.24) is 19.6 Å². The molecule has 1 saturated heterocycles. The number of aliphatic carboxylic acids is 1. The number of carboxylic acids is 1. The van der Waals surface area contributed by atoms with E-state index in [0.29, 0.717) is 6.04 Å². The molecule has 0 bridgehead atoms. The van der Waals surface area contributed by atoms with Crippen LogP contribution in [-0.2, 0) is 17.8 Å². The number of carbonyl (C=O) groups is 1.